The summed E-state index contributed by atoms with van der Waals surface area (Å²) < 4.78 is 103. The summed E-state index contributed by atoms with van der Waals surface area (Å²) in [6.45, 7) is 12.0. The summed E-state index contributed by atoms with van der Waals surface area (Å²) in [6.07, 6.45) is -3.28. The molecule has 2 fully saturated rings. The van der Waals surface area contributed by atoms with Crippen LogP contribution >= 0.6 is 0 Å². The molecule has 0 saturated carbocycles. The third-order valence-electron chi connectivity index (χ3n) is 8.24. The molecule has 4 rings (SSSR count). The topological polar surface area (TPSA) is 81.2 Å². The number of pyridine rings is 1. The molecule has 2 saturated heterocycles. The minimum Gasteiger partial charge on any atom is -0.472 e. The van der Waals surface area contributed by atoms with Crippen molar-refractivity contribution in [2.45, 2.75) is 96.1 Å². The van der Waals surface area contributed by atoms with Crippen LogP contribution in [0.4, 0.5) is 23.4 Å². The van der Waals surface area contributed by atoms with Crippen LogP contribution in [0, 0.1) is 5.82 Å². The number of hydrogen-bond acceptors (Lipinski definition) is 7. The minimum absolute atomic E-state index is 0.0209. The van der Waals surface area contributed by atoms with E-state index < -0.39 is 64.3 Å². The van der Waals surface area contributed by atoms with E-state index in [4.69, 9.17) is 14.0 Å². The summed E-state index contributed by atoms with van der Waals surface area (Å²) in [7, 11) is -5.02. The first-order valence-electron chi connectivity index (χ1n) is 14.4. The molecule has 2 aromatic rings. The van der Waals surface area contributed by atoms with Gasteiger partial charge in [-0.25, -0.2) is 12.8 Å². The molecule has 2 aliphatic rings. The highest BCUT2D eigenvalue weighted by molar-refractivity contribution is 7.88. The highest BCUT2D eigenvalue weighted by Crippen LogP contribution is 2.38. The van der Waals surface area contributed by atoms with Crippen molar-refractivity contribution in [1.82, 2.24) is 9.29 Å². The average molecular weight is 630 g/mol. The van der Waals surface area contributed by atoms with Gasteiger partial charge in [-0.05, 0) is 77.2 Å². The van der Waals surface area contributed by atoms with Gasteiger partial charge in [0.05, 0.1) is 17.0 Å². The number of anilines is 1. The highest BCUT2D eigenvalue weighted by Gasteiger charge is 2.53. The molecule has 0 radical (unpaired) electrons. The van der Waals surface area contributed by atoms with Crippen LogP contribution in [0.3, 0.4) is 0 Å². The molecule has 0 aliphatic carbocycles. The zero-order chi connectivity index (χ0) is 32.0. The predicted octanol–water partition coefficient (Wildman–Crippen LogP) is 5.06. The van der Waals surface area contributed by atoms with Gasteiger partial charge in [0, 0.05) is 25.7 Å². The van der Waals surface area contributed by atoms with Crippen molar-refractivity contribution >= 4 is 28.4 Å². The van der Waals surface area contributed by atoms with Crippen molar-refractivity contribution in [2.24, 2.45) is 0 Å². The highest BCUT2D eigenvalue weighted by atomic mass is 32.2. The van der Waals surface area contributed by atoms with E-state index in [1.54, 1.807) is 6.07 Å². The first kappa shape index (κ1) is 33.5. The molecule has 14 heteroatoms. The fourth-order valence-electron chi connectivity index (χ4n) is 5.21. The quantitative estimate of drug-likeness (QED) is 0.284. The van der Waals surface area contributed by atoms with Gasteiger partial charge in [0.25, 0.3) is 0 Å². The maximum absolute atomic E-state index is 14.6. The largest absolute Gasteiger partial charge is 0.495 e. The van der Waals surface area contributed by atoms with Crippen molar-refractivity contribution in [3.63, 3.8) is 0 Å². The van der Waals surface area contributed by atoms with E-state index in [9.17, 15) is 26.0 Å². The van der Waals surface area contributed by atoms with Crippen molar-refractivity contribution in [3.05, 3.63) is 47.8 Å². The maximum atomic E-state index is 14.6. The number of nitrogens with zero attached hydrogens (tertiary/aromatic N) is 3. The zero-order valence-corrected chi connectivity index (χ0v) is 26.5. The number of benzene rings is 1. The van der Waals surface area contributed by atoms with E-state index in [0.717, 1.165) is 27.8 Å². The molecule has 0 spiro atoms. The van der Waals surface area contributed by atoms with Crippen LogP contribution in [0.25, 0.3) is 0 Å². The van der Waals surface area contributed by atoms with Gasteiger partial charge < -0.3 is 18.9 Å². The SMILES string of the molecule is CCCC(C)(C)Oc1cc(B2OC(C)(C)C(C)(C)O2)cc(N2CCN(S(=O)(=O)Cc3ccc(F)cc3)CC2C(F)(F)F)n1. The Balaban J connectivity index is 1.69. The zero-order valence-electron chi connectivity index (χ0n) is 25.7. The van der Waals surface area contributed by atoms with Gasteiger partial charge in [0.2, 0.25) is 15.9 Å². The molecule has 1 aromatic carbocycles. The van der Waals surface area contributed by atoms with E-state index >= 15 is 0 Å². The smallest absolute Gasteiger partial charge is 0.472 e. The summed E-state index contributed by atoms with van der Waals surface area (Å²) in [5, 5.41) is 0. The lowest BCUT2D eigenvalue weighted by Crippen LogP contribution is -2.60. The number of ether oxygens (including phenoxy) is 1. The third kappa shape index (κ3) is 7.63. The number of aromatic nitrogens is 1. The number of piperazine rings is 1. The molecular formula is C29H40BF4N3O5S. The van der Waals surface area contributed by atoms with E-state index in [0.29, 0.717) is 11.9 Å². The summed E-state index contributed by atoms with van der Waals surface area (Å²) in [6, 6.07) is 5.76. The Morgan fingerprint density at radius 1 is 1.05 bits per heavy atom. The van der Waals surface area contributed by atoms with E-state index in [1.807, 2.05) is 48.5 Å². The second kappa shape index (κ2) is 11.8. The van der Waals surface area contributed by atoms with Crippen molar-refractivity contribution in [1.29, 1.82) is 0 Å². The molecule has 0 bridgehead atoms. The molecular weight excluding hydrogens is 589 g/mol. The van der Waals surface area contributed by atoms with Crippen LogP contribution in [-0.2, 0) is 25.1 Å². The van der Waals surface area contributed by atoms with Crippen molar-refractivity contribution in [3.8, 4) is 5.88 Å². The molecule has 8 nitrogen and oxygen atoms in total. The molecule has 0 amide bonds. The monoisotopic (exact) mass is 629 g/mol. The number of alkyl halides is 3. The van der Waals surface area contributed by atoms with Gasteiger partial charge >= 0.3 is 13.3 Å². The van der Waals surface area contributed by atoms with Crippen LogP contribution in [0.1, 0.15) is 66.9 Å². The summed E-state index contributed by atoms with van der Waals surface area (Å²) in [5.41, 5.74) is -1.31. The van der Waals surface area contributed by atoms with Gasteiger partial charge in [-0.1, -0.05) is 25.5 Å². The first-order chi connectivity index (χ1) is 19.7. The van der Waals surface area contributed by atoms with E-state index in [2.05, 4.69) is 4.98 Å². The van der Waals surface area contributed by atoms with Gasteiger partial charge in [-0.2, -0.15) is 22.5 Å². The second-order valence-corrected chi connectivity index (χ2v) is 14.8. The number of rotatable bonds is 9. The number of hydrogen-bond donors (Lipinski definition) is 0. The lowest BCUT2D eigenvalue weighted by Gasteiger charge is -2.42. The summed E-state index contributed by atoms with van der Waals surface area (Å²) in [4.78, 5) is 5.55. The molecule has 43 heavy (non-hydrogen) atoms. The van der Waals surface area contributed by atoms with E-state index in [-0.39, 0.29) is 30.4 Å². The van der Waals surface area contributed by atoms with Gasteiger partial charge in [-0.15, -0.1) is 0 Å². The number of halogens is 4. The Labute approximate surface area is 251 Å². The summed E-state index contributed by atoms with van der Waals surface area (Å²) in [5.74, 6) is -0.984. The average Bonchev–Trinajstić information content (AvgIpc) is 3.10. The van der Waals surface area contributed by atoms with Crippen molar-refractivity contribution in [2.75, 3.05) is 24.5 Å². The molecule has 1 atom stereocenters. The minimum atomic E-state index is -4.78. The predicted molar refractivity (Wildman–Crippen MR) is 157 cm³/mol. The maximum Gasteiger partial charge on any atom is 0.495 e. The first-order valence-corrected chi connectivity index (χ1v) is 16.0. The van der Waals surface area contributed by atoms with Crippen LogP contribution in [0.2, 0.25) is 0 Å². The molecule has 3 heterocycles. The van der Waals surface area contributed by atoms with Gasteiger partial charge in [0.15, 0.2) is 0 Å². The lowest BCUT2D eigenvalue weighted by atomic mass is 9.79. The Hall–Kier alpha value is -2.42. The van der Waals surface area contributed by atoms with Crippen molar-refractivity contribution < 1.29 is 40.0 Å². The summed E-state index contributed by atoms with van der Waals surface area (Å²) >= 11 is 0. The van der Waals surface area contributed by atoms with Crippen LogP contribution < -0.4 is 15.1 Å². The van der Waals surface area contributed by atoms with Gasteiger partial charge in [0.1, 0.15) is 23.3 Å². The molecule has 1 aromatic heterocycles. The standard InChI is InChI=1S/C29H40BF4N3O5S/c1-8-13-26(2,3)40-25-17-21(30-41-27(4,5)28(6,7)42-30)16-24(35-25)37-15-14-36(18-23(37)29(32,33)34)43(38,39)19-20-9-11-22(31)12-10-20/h9-12,16-17,23H,8,13-15,18-19H2,1-7H3. The Morgan fingerprint density at radius 2 is 1.65 bits per heavy atom. The normalized spacial score (nSPS) is 21.3. The van der Waals surface area contributed by atoms with Crippen LogP contribution in [0.5, 0.6) is 5.88 Å². The Morgan fingerprint density at radius 3 is 2.21 bits per heavy atom. The Bertz CT molecular complexity index is 1390. The third-order valence-corrected chi connectivity index (χ3v) is 10.1. The molecule has 0 N–H and O–H groups in total. The fourth-order valence-corrected chi connectivity index (χ4v) is 6.73. The molecule has 2 aliphatic heterocycles. The second-order valence-electron chi connectivity index (χ2n) is 12.8. The van der Waals surface area contributed by atoms with Crippen LogP contribution in [0.15, 0.2) is 36.4 Å². The van der Waals surface area contributed by atoms with E-state index in [1.165, 1.54) is 18.2 Å². The van der Waals surface area contributed by atoms with Crippen LogP contribution in [-0.4, -0.2) is 73.5 Å². The van der Waals surface area contributed by atoms with Gasteiger partial charge in [-0.3, -0.25) is 0 Å². The fraction of sp³-hybridized carbons (Fsp3) is 0.621. The Kier molecular flexibility index (Phi) is 9.21. The molecule has 1 unspecified atom stereocenters. The lowest BCUT2D eigenvalue weighted by molar-refractivity contribution is -0.153. The number of sulfonamides is 1. The molecule has 238 valence electrons.